The van der Waals surface area contributed by atoms with Crippen LogP contribution < -0.4 is 5.32 Å². The van der Waals surface area contributed by atoms with Crippen LogP contribution in [0.15, 0.2) is 54.6 Å². The summed E-state index contributed by atoms with van der Waals surface area (Å²) < 4.78 is 5.38. The number of carbonyl (C=O) groups is 3. The van der Waals surface area contributed by atoms with Crippen molar-refractivity contribution in [2.24, 2.45) is 0 Å². The van der Waals surface area contributed by atoms with Gasteiger partial charge in [0, 0.05) is 19.0 Å². The van der Waals surface area contributed by atoms with Crippen LogP contribution in [0.2, 0.25) is 0 Å². The molecule has 0 spiro atoms. The van der Waals surface area contributed by atoms with Crippen LogP contribution in [0.25, 0.3) is 11.1 Å². The van der Waals surface area contributed by atoms with Gasteiger partial charge in [-0.3, -0.25) is 4.79 Å². The van der Waals surface area contributed by atoms with Gasteiger partial charge in [0.05, 0.1) is 0 Å². The minimum Gasteiger partial charge on any atom is -0.480 e. The van der Waals surface area contributed by atoms with Gasteiger partial charge in [0.15, 0.2) is 0 Å². The van der Waals surface area contributed by atoms with Crippen LogP contribution in [0, 0.1) is 0 Å². The molecule has 2 aromatic carbocycles. The summed E-state index contributed by atoms with van der Waals surface area (Å²) in [7, 11) is 0. The molecule has 7 nitrogen and oxygen atoms in total. The van der Waals surface area contributed by atoms with Crippen LogP contribution in [0.5, 0.6) is 0 Å². The van der Waals surface area contributed by atoms with Crippen molar-refractivity contribution in [2.45, 2.75) is 64.1 Å². The van der Waals surface area contributed by atoms with Crippen LogP contribution in [0.4, 0.5) is 4.79 Å². The number of nitrogens with one attached hydrogen (secondary N) is 1. The Labute approximate surface area is 194 Å². The van der Waals surface area contributed by atoms with Crippen molar-refractivity contribution >= 4 is 18.0 Å². The second kappa shape index (κ2) is 10.5. The number of likely N-dealkylation sites (tertiary alicyclic amines) is 1. The summed E-state index contributed by atoms with van der Waals surface area (Å²) in [6.45, 7) is 5.74. The van der Waals surface area contributed by atoms with Crippen molar-refractivity contribution in [3.8, 4) is 11.1 Å². The van der Waals surface area contributed by atoms with E-state index in [1.807, 2.05) is 54.6 Å². The molecule has 1 saturated heterocycles. The molecule has 1 heterocycles. The molecule has 0 saturated carbocycles. The van der Waals surface area contributed by atoms with E-state index in [0.717, 1.165) is 16.7 Å². The Kier molecular flexibility index (Phi) is 7.74. The zero-order valence-electron chi connectivity index (χ0n) is 19.4. The highest BCUT2D eigenvalue weighted by molar-refractivity contribution is 5.85. The molecule has 3 rings (SSSR count). The molecular weight excluding hydrogens is 420 g/mol. The number of carboxylic acid groups (broad SMARTS) is 1. The van der Waals surface area contributed by atoms with E-state index in [9.17, 15) is 19.5 Å². The van der Waals surface area contributed by atoms with Gasteiger partial charge in [-0.2, -0.15) is 0 Å². The Morgan fingerprint density at radius 1 is 1.06 bits per heavy atom. The van der Waals surface area contributed by atoms with Gasteiger partial charge >= 0.3 is 12.1 Å². The number of alkyl carbamates (subject to hydrolysis) is 1. The lowest BCUT2D eigenvalue weighted by Gasteiger charge is -2.26. The highest BCUT2D eigenvalue weighted by Gasteiger charge is 2.35. The maximum absolute atomic E-state index is 12.9. The minimum atomic E-state index is -0.992. The van der Waals surface area contributed by atoms with Crippen molar-refractivity contribution in [3.63, 3.8) is 0 Å². The lowest BCUT2D eigenvalue weighted by Crippen LogP contribution is -2.46. The molecule has 7 heteroatoms. The molecule has 0 aliphatic carbocycles. The van der Waals surface area contributed by atoms with Gasteiger partial charge in [0.25, 0.3) is 0 Å². The number of carbonyl (C=O) groups excluding carboxylic acids is 2. The molecule has 1 fully saturated rings. The van der Waals surface area contributed by atoms with Gasteiger partial charge in [-0.05, 0) is 56.7 Å². The third-order valence-corrected chi connectivity index (χ3v) is 5.54. The van der Waals surface area contributed by atoms with Gasteiger partial charge in [0.1, 0.15) is 11.6 Å². The van der Waals surface area contributed by atoms with Crippen molar-refractivity contribution in [2.75, 3.05) is 6.54 Å². The molecule has 1 aliphatic rings. The van der Waals surface area contributed by atoms with Crippen molar-refractivity contribution < 1.29 is 24.2 Å². The SMILES string of the molecule is CC(C)(C)OC(=O)N[C@H](CC(=O)N1CCCC1C(=O)O)Cc1ccc(-c2ccccc2)cc1. The monoisotopic (exact) mass is 452 g/mol. The fraction of sp³-hybridized carbons (Fsp3) is 0.423. The van der Waals surface area contributed by atoms with E-state index in [2.05, 4.69) is 5.32 Å². The van der Waals surface area contributed by atoms with Crippen molar-refractivity contribution in [1.82, 2.24) is 10.2 Å². The van der Waals surface area contributed by atoms with E-state index >= 15 is 0 Å². The maximum atomic E-state index is 12.9. The number of rotatable bonds is 7. The van der Waals surface area contributed by atoms with E-state index < -0.39 is 29.7 Å². The van der Waals surface area contributed by atoms with Gasteiger partial charge in [-0.1, -0.05) is 54.6 Å². The van der Waals surface area contributed by atoms with E-state index in [1.165, 1.54) is 4.90 Å². The number of hydrogen-bond acceptors (Lipinski definition) is 4. The van der Waals surface area contributed by atoms with Crippen LogP contribution in [-0.2, 0) is 20.7 Å². The summed E-state index contributed by atoms with van der Waals surface area (Å²) in [6.07, 6.45) is 0.937. The molecule has 33 heavy (non-hydrogen) atoms. The highest BCUT2D eigenvalue weighted by Crippen LogP contribution is 2.22. The zero-order chi connectivity index (χ0) is 24.0. The second-order valence-corrected chi connectivity index (χ2v) is 9.40. The molecule has 1 aliphatic heterocycles. The third kappa shape index (κ3) is 7.07. The summed E-state index contributed by atoms with van der Waals surface area (Å²) >= 11 is 0. The fourth-order valence-corrected chi connectivity index (χ4v) is 4.05. The molecule has 2 atom stereocenters. The van der Waals surface area contributed by atoms with Gasteiger partial charge in [-0.25, -0.2) is 9.59 Å². The Bertz CT molecular complexity index is 966. The third-order valence-electron chi connectivity index (χ3n) is 5.54. The smallest absolute Gasteiger partial charge is 0.407 e. The van der Waals surface area contributed by atoms with Crippen LogP contribution in [-0.4, -0.2) is 52.2 Å². The molecule has 2 amide bonds. The van der Waals surface area contributed by atoms with Crippen LogP contribution in [0.3, 0.4) is 0 Å². The van der Waals surface area contributed by atoms with Crippen molar-refractivity contribution in [3.05, 3.63) is 60.2 Å². The first kappa shape index (κ1) is 24.3. The summed E-state index contributed by atoms with van der Waals surface area (Å²) in [5.41, 5.74) is 2.48. The second-order valence-electron chi connectivity index (χ2n) is 9.40. The maximum Gasteiger partial charge on any atom is 0.407 e. The van der Waals surface area contributed by atoms with Gasteiger partial charge in [-0.15, -0.1) is 0 Å². The summed E-state index contributed by atoms with van der Waals surface area (Å²) in [5, 5.41) is 12.2. The summed E-state index contributed by atoms with van der Waals surface area (Å²) in [4.78, 5) is 38.3. The van der Waals surface area contributed by atoms with Gasteiger partial charge < -0.3 is 20.1 Å². The number of nitrogens with zero attached hydrogens (tertiary/aromatic N) is 1. The molecule has 0 aromatic heterocycles. The highest BCUT2D eigenvalue weighted by atomic mass is 16.6. The largest absolute Gasteiger partial charge is 0.480 e. The number of amides is 2. The minimum absolute atomic E-state index is 0.00343. The van der Waals surface area contributed by atoms with E-state index in [4.69, 9.17) is 4.74 Å². The normalized spacial score (nSPS) is 16.8. The standard InChI is InChI=1S/C26H32N2O5/c1-26(2,3)33-25(32)27-21(17-23(29)28-15-7-10-22(28)24(30)31)16-18-11-13-20(14-12-18)19-8-5-4-6-9-19/h4-6,8-9,11-14,21-22H,7,10,15-17H2,1-3H3,(H,27,32)(H,30,31)/t21-,22?/m0/s1. The molecule has 176 valence electrons. The predicted octanol–water partition coefficient (Wildman–Crippen LogP) is 4.26. The van der Waals surface area contributed by atoms with Crippen LogP contribution >= 0.6 is 0 Å². The average molecular weight is 453 g/mol. The molecule has 2 aromatic rings. The number of aliphatic carboxylic acids is 1. The predicted molar refractivity (Wildman–Crippen MR) is 126 cm³/mol. The fourth-order valence-electron chi connectivity index (χ4n) is 4.05. The number of carboxylic acids is 1. The first-order chi connectivity index (χ1) is 15.6. The first-order valence-corrected chi connectivity index (χ1v) is 11.3. The van der Waals surface area contributed by atoms with Crippen molar-refractivity contribution in [1.29, 1.82) is 0 Å². The first-order valence-electron chi connectivity index (χ1n) is 11.3. The topological polar surface area (TPSA) is 95.9 Å². The lowest BCUT2D eigenvalue weighted by molar-refractivity contribution is -0.148. The number of benzene rings is 2. The van der Waals surface area contributed by atoms with E-state index in [-0.39, 0.29) is 12.3 Å². The van der Waals surface area contributed by atoms with Gasteiger partial charge in [0.2, 0.25) is 5.91 Å². The lowest BCUT2D eigenvalue weighted by atomic mass is 9.99. The summed E-state index contributed by atoms with van der Waals surface area (Å²) in [6, 6.07) is 16.7. The summed E-state index contributed by atoms with van der Waals surface area (Å²) in [5.74, 6) is -1.27. The zero-order valence-corrected chi connectivity index (χ0v) is 19.4. The molecule has 1 unspecified atom stereocenters. The number of hydrogen-bond donors (Lipinski definition) is 2. The molecule has 0 radical (unpaired) electrons. The van der Waals surface area contributed by atoms with Crippen LogP contribution in [0.1, 0.15) is 45.6 Å². The average Bonchev–Trinajstić information content (AvgIpc) is 3.24. The Hall–Kier alpha value is -3.35. The molecule has 0 bridgehead atoms. The molecule has 2 N–H and O–H groups in total. The quantitative estimate of drug-likeness (QED) is 0.655. The Morgan fingerprint density at radius 2 is 1.70 bits per heavy atom. The number of ether oxygens (including phenoxy) is 1. The molecular formula is C26H32N2O5. The van der Waals surface area contributed by atoms with E-state index in [1.54, 1.807) is 20.8 Å². The Balaban J connectivity index is 1.73. The van der Waals surface area contributed by atoms with E-state index in [0.29, 0.717) is 25.8 Å². The Morgan fingerprint density at radius 3 is 2.30 bits per heavy atom.